The van der Waals surface area contributed by atoms with E-state index in [2.05, 4.69) is 10.6 Å². The van der Waals surface area contributed by atoms with Crippen LogP contribution in [-0.4, -0.2) is 105 Å². The zero-order chi connectivity index (χ0) is 23.2. The first-order valence-electron chi connectivity index (χ1n) is 11.3. The van der Waals surface area contributed by atoms with Crippen LogP contribution in [0.2, 0.25) is 0 Å². The van der Waals surface area contributed by atoms with Gasteiger partial charge in [0.1, 0.15) is 5.70 Å². The molecule has 4 aliphatic heterocycles. The number of hydrogen-bond donors (Lipinski definition) is 5. The van der Waals surface area contributed by atoms with Crippen molar-refractivity contribution in [3.05, 3.63) is 10.6 Å². The van der Waals surface area contributed by atoms with Crippen LogP contribution in [0.25, 0.3) is 0 Å². The third kappa shape index (κ3) is 4.16. The molecule has 0 aliphatic carbocycles. The topological polar surface area (TPSA) is 142 Å². The number of aliphatic hydroxyl groups is 2. The summed E-state index contributed by atoms with van der Waals surface area (Å²) >= 11 is 1.44. The Morgan fingerprint density at radius 1 is 1.25 bits per heavy atom. The van der Waals surface area contributed by atoms with Crippen molar-refractivity contribution in [3.8, 4) is 0 Å². The Hall–Kier alpha value is -1.66. The summed E-state index contributed by atoms with van der Waals surface area (Å²) in [5.74, 6) is -2.28. The Morgan fingerprint density at radius 3 is 2.56 bits per heavy atom. The summed E-state index contributed by atoms with van der Waals surface area (Å²) in [6, 6.07) is -0.572. The van der Waals surface area contributed by atoms with Crippen LogP contribution < -0.4 is 10.6 Å². The molecule has 10 nitrogen and oxygen atoms in total. The van der Waals surface area contributed by atoms with Crippen molar-refractivity contribution in [2.75, 3.05) is 32.7 Å². The van der Waals surface area contributed by atoms with Crippen LogP contribution in [0.5, 0.6) is 0 Å². The maximum atomic E-state index is 12.5. The van der Waals surface area contributed by atoms with Crippen LogP contribution in [0, 0.1) is 11.8 Å². The minimum atomic E-state index is -1.14. The van der Waals surface area contributed by atoms with Crippen LogP contribution in [-0.2, 0) is 14.4 Å². The van der Waals surface area contributed by atoms with Gasteiger partial charge in [-0.25, -0.2) is 4.79 Å². The van der Waals surface area contributed by atoms with Gasteiger partial charge in [-0.2, -0.15) is 0 Å². The van der Waals surface area contributed by atoms with E-state index in [1.54, 1.807) is 11.8 Å². The van der Waals surface area contributed by atoms with Crippen molar-refractivity contribution in [1.29, 1.82) is 0 Å². The fourth-order valence-corrected chi connectivity index (χ4v) is 6.83. The molecule has 4 rings (SSSR count). The number of thioether (sulfide) groups is 1. The lowest BCUT2D eigenvalue weighted by Gasteiger charge is -2.46. The average molecular weight is 469 g/mol. The number of nitrogens with one attached hydrogen (secondary N) is 2. The molecule has 0 saturated carbocycles. The highest BCUT2D eigenvalue weighted by Gasteiger charge is 2.60. The first kappa shape index (κ1) is 23.5. The third-order valence-corrected chi connectivity index (χ3v) is 8.56. The van der Waals surface area contributed by atoms with Gasteiger partial charge in [0, 0.05) is 54.8 Å². The number of β-lactam (4-membered cyclic amide) rings is 1. The van der Waals surface area contributed by atoms with E-state index in [1.807, 2.05) is 6.92 Å². The smallest absolute Gasteiger partial charge is 0.353 e. The standard InChI is InChI=1S/C21H32N4O6S/c1-10-17-16(11(2)26)20(29)25(17)18(21(30)31)19(10)32-12-7-13(23-9-12)14(27)8-15(28)24-5-3-22-4-6-24/h10-14,16-17,22-23,26-27H,3-9H2,1-2H3,(H,30,31)/t10?,11?,12?,13?,14?,16?,17-/m0/s1. The highest BCUT2D eigenvalue weighted by atomic mass is 32.2. The molecule has 0 aromatic carbocycles. The summed E-state index contributed by atoms with van der Waals surface area (Å²) in [6.07, 6.45) is -0.971. The Labute approximate surface area is 191 Å². The quantitative estimate of drug-likeness (QED) is 0.291. The molecular formula is C21H32N4O6S. The van der Waals surface area contributed by atoms with E-state index in [4.69, 9.17) is 0 Å². The van der Waals surface area contributed by atoms with Gasteiger partial charge >= 0.3 is 5.97 Å². The predicted molar refractivity (Wildman–Crippen MR) is 117 cm³/mol. The van der Waals surface area contributed by atoms with Crippen molar-refractivity contribution >= 4 is 29.5 Å². The van der Waals surface area contributed by atoms with E-state index in [9.17, 15) is 29.7 Å². The Morgan fingerprint density at radius 2 is 1.94 bits per heavy atom. The minimum absolute atomic E-state index is 0.0206. The molecule has 0 spiro atoms. The van der Waals surface area contributed by atoms with E-state index in [-0.39, 0.29) is 47.2 Å². The summed E-state index contributed by atoms with van der Waals surface area (Å²) in [5.41, 5.74) is 0.0206. The SMILES string of the molecule is CC(O)C1C(=O)N2C(C(=O)O)=C(SC3CNC(C(O)CC(=O)N4CCNCC4)C3)C(C)[C@@H]12. The first-order valence-corrected chi connectivity index (χ1v) is 12.1. The molecule has 32 heavy (non-hydrogen) atoms. The van der Waals surface area contributed by atoms with Gasteiger partial charge in [0.15, 0.2) is 0 Å². The van der Waals surface area contributed by atoms with E-state index < -0.39 is 24.1 Å². The van der Waals surface area contributed by atoms with Crippen LogP contribution in [0.1, 0.15) is 26.7 Å². The predicted octanol–water partition coefficient (Wildman–Crippen LogP) is -1.21. The Kier molecular flexibility index (Phi) is 6.83. The summed E-state index contributed by atoms with van der Waals surface area (Å²) in [5, 5.41) is 36.9. The van der Waals surface area contributed by atoms with Gasteiger partial charge in [0.2, 0.25) is 11.8 Å². The molecule has 7 atom stereocenters. The molecule has 178 valence electrons. The van der Waals surface area contributed by atoms with E-state index in [1.165, 1.54) is 16.7 Å². The fraction of sp³-hybridized carbons (Fsp3) is 0.762. The van der Waals surface area contributed by atoms with Gasteiger partial charge in [-0.3, -0.25) is 9.59 Å². The third-order valence-electron chi connectivity index (χ3n) is 7.05. The zero-order valence-electron chi connectivity index (χ0n) is 18.4. The van der Waals surface area contributed by atoms with Crippen LogP contribution >= 0.6 is 11.8 Å². The number of amides is 2. The largest absolute Gasteiger partial charge is 0.477 e. The number of carbonyl (C=O) groups excluding carboxylic acids is 2. The molecule has 0 radical (unpaired) electrons. The molecule has 4 heterocycles. The van der Waals surface area contributed by atoms with Crippen LogP contribution in [0.15, 0.2) is 10.6 Å². The van der Waals surface area contributed by atoms with Gasteiger partial charge in [-0.05, 0) is 13.3 Å². The monoisotopic (exact) mass is 468 g/mol. The average Bonchev–Trinajstić information content (AvgIpc) is 3.31. The second-order valence-corrected chi connectivity index (χ2v) is 10.5. The van der Waals surface area contributed by atoms with Crippen molar-refractivity contribution < 1.29 is 29.7 Å². The van der Waals surface area contributed by atoms with Gasteiger partial charge < -0.3 is 35.8 Å². The number of carboxylic acids is 1. The molecule has 2 amide bonds. The number of nitrogens with zero attached hydrogens (tertiary/aromatic N) is 2. The number of piperazine rings is 1. The van der Waals surface area contributed by atoms with Gasteiger partial charge in [0.05, 0.1) is 30.6 Å². The van der Waals surface area contributed by atoms with Gasteiger partial charge in [0.25, 0.3) is 0 Å². The number of fused-ring (bicyclic) bond motifs is 1. The van der Waals surface area contributed by atoms with Gasteiger partial charge in [-0.15, -0.1) is 11.8 Å². The van der Waals surface area contributed by atoms with Gasteiger partial charge in [-0.1, -0.05) is 6.92 Å². The molecule has 3 saturated heterocycles. The summed E-state index contributed by atoms with van der Waals surface area (Å²) < 4.78 is 0. The van der Waals surface area contributed by atoms with Crippen LogP contribution in [0.4, 0.5) is 0 Å². The number of carboxylic acid groups (broad SMARTS) is 1. The molecule has 0 aromatic heterocycles. The summed E-state index contributed by atoms with van der Waals surface area (Å²) in [7, 11) is 0. The Balaban J connectivity index is 1.38. The molecule has 3 fully saturated rings. The maximum absolute atomic E-state index is 12.5. The fourth-order valence-electron chi connectivity index (χ4n) is 5.34. The summed E-state index contributed by atoms with van der Waals surface area (Å²) in [6.45, 7) is 6.86. The number of carbonyl (C=O) groups is 3. The minimum Gasteiger partial charge on any atom is -0.477 e. The highest BCUT2D eigenvalue weighted by molar-refractivity contribution is 8.03. The van der Waals surface area contributed by atoms with E-state index >= 15 is 0 Å². The second kappa shape index (κ2) is 9.30. The lowest BCUT2D eigenvalue weighted by atomic mass is 9.79. The zero-order valence-corrected chi connectivity index (χ0v) is 19.2. The number of aliphatic hydroxyl groups excluding tert-OH is 2. The molecule has 11 heteroatoms. The molecule has 4 aliphatic rings. The molecule has 5 N–H and O–H groups in total. The molecule has 0 aromatic rings. The lowest BCUT2D eigenvalue weighted by Crippen LogP contribution is -2.63. The van der Waals surface area contributed by atoms with Crippen molar-refractivity contribution in [2.45, 2.75) is 56.2 Å². The number of hydrogen-bond acceptors (Lipinski definition) is 8. The molecule has 6 unspecified atom stereocenters. The number of aliphatic carboxylic acids is 1. The maximum Gasteiger partial charge on any atom is 0.353 e. The van der Waals surface area contributed by atoms with E-state index in [0.29, 0.717) is 31.0 Å². The lowest BCUT2D eigenvalue weighted by molar-refractivity contribution is -0.163. The van der Waals surface area contributed by atoms with Crippen molar-refractivity contribution in [2.24, 2.45) is 11.8 Å². The van der Waals surface area contributed by atoms with E-state index in [0.717, 1.165) is 13.1 Å². The van der Waals surface area contributed by atoms with Crippen molar-refractivity contribution in [3.63, 3.8) is 0 Å². The second-order valence-electron chi connectivity index (χ2n) is 9.16. The number of rotatable bonds is 7. The molecular weight excluding hydrogens is 436 g/mol. The first-order chi connectivity index (χ1) is 15.2. The highest BCUT2D eigenvalue weighted by Crippen LogP contribution is 2.51. The van der Waals surface area contributed by atoms with Crippen LogP contribution in [0.3, 0.4) is 0 Å². The molecule has 0 bridgehead atoms. The Bertz CT molecular complexity index is 814. The summed E-state index contributed by atoms with van der Waals surface area (Å²) in [4.78, 5) is 40.6. The van der Waals surface area contributed by atoms with Crippen molar-refractivity contribution in [1.82, 2.24) is 20.4 Å². The normalized spacial score (nSPS) is 34.4.